The second-order valence-corrected chi connectivity index (χ2v) is 9.47. The predicted molar refractivity (Wildman–Crippen MR) is 135 cm³/mol. The smallest absolute Gasteiger partial charge is 0.142 e. The Labute approximate surface area is 210 Å². The van der Waals surface area contributed by atoms with Gasteiger partial charge in [-0.25, -0.2) is 14.4 Å². The number of benzene rings is 2. The van der Waals surface area contributed by atoms with Gasteiger partial charge in [0.15, 0.2) is 0 Å². The minimum atomic E-state index is -0.307. The fourth-order valence-corrected chi connectivity index (χ4v) is 4.83. The van der Waals surface area contributed by atoms with Gasteiger partial charge < -0.3 is 15.4 Å². The third-order valence-corrected chi connectivity index (χ3v) is 6.74. The normalized spacial score (nSPS) is 16.9. The van der Waals surface area contributed by atoms with E-state index in [0.29, 0.717) is 23.1 Å². The van der Waals surface area contributed by atoms with Crippen LogP contribution in [0.3, 0.4) is 0 Å². The molecule has 174 valence electrons. The molecule has 35 heavy (non-hydrogen) atoms. The molecule has 5 rings (SSSR count). The summed E-state index contributed by atoms with van der Waals surface area (Å²) >= 11 is 7.92. The molecule has 0 bridgehead atoms. The van der Waals surface area contributed by atoms with E-state index in [2.05, 4.69) is 38.5 Å². The van der Waals surface area contributed by atoms with Crippen molar-refractivity contribution in [1.82, 2.24) is 15.3 Å². The largest absolute Gasteiger partial charge is 0.487 e. The topological polar surface area (TPSA) is 82.9 Å². The van der Waals surface area contributed by atoms with E-state index in [1.54, 1.807) is 24.3 Å². The molecule has 2 atom stereocenters. The van der Waals surface area contributed by atoms with Crippen molar-refractivity contribution in [1.29, 1.82) is 5.26 Å². The lowest BCUT2D eigenvalue weighted by Crippen LogP contribution is -2.18. The zero-order valence-electron chi connectivity index (χ0n) is 18.4. The van der Waals surface area contributed by atoms with Gasteiger partial charge in [-0.05, 0) is 48.4 Å². The lowest BCUT2D eigenvalue weighted by atomic mass is 10.1. The first-order valence-corrected chi connectivity index (χ1v) is 12.1. The maximum Gasteiger partial charge on any atom is 0.142 e. The first kappa shape index (κ1) is 23.1. The van der Waals surface area contributed by atoms with Crippen molar-refractivity contribution in [3.63, 3.8) is 0 Å². The third kappa shape index (κ3) is 5.52. The molecule has 1 saturated heterocycles. The fraction of sp³-hybridized carbons (Fsp3) is 0.192. The number of hydrogen-bond acceptors (Lipinski definition) is 7. The molecule has 0 aliphatic carbocycles. The number of nitrogens with zero attached hydrogens (tertiary/aromatic N) is 3. The maximum atomic E-state index is 13.4. The van der Waals surface area contributed by atoms with Crippen molar-refractivity contribution in [2.45, 2.75) is 19.1 Å². The van der Waals surface area contributed by atoms with Crippen LogP contribution in [-0.2, 0) is 6.61 Å². The molecule has 9 heteroatoms. The number of halogens is 2. The Morgan fingerprint density at radius 2 is 2.14 bits per heavy atom. The molecule has 0 saturated carbocycles. The van der Waals surface area contributed by atoms with Crippen LogP contribution in [0.4, 0.5) is 15.9 Å². The summed E-state index contributed by atoms with van der Waals surface area (Å²) in [5, 5.41) is 16.9. The van der Waals surface area contributed by atoms with Gasteiger partial charge in [-0.15, -0.1) is 11.3 Å². The van der Waals surface area contributed by atoms with Crippen LogP contribution >= 0.6 is 22.9 Å². The highest BCUT2D eigenvalue weighted by atomic mass is 35.5. The minimum absolute atomic E-state index is 0.0170. The molecule has 3 heterocycles. The Kier molecular flexibility index (Phi) is 6.78. The van der Waals surface area contributed by atoms with Gasteiger partial charge in [-0.3, -0.25) is 0 Å². The molecule has 1 aliphatic heterocycles. The lowest BCUT2D eigenvalue weighted by Gasteiger charge is -2.11. The van der Waals surface area contributed by atoms with E-state index >= 15 is 0 Å². The average Bonchev–Trinajstić information content (AvgIpc) is 3.49. The summed E-state index contributed by atoms with van der Waals surface area (Å²) in [5.41, 5.74) is 1.46. The Morgan fingerprint density at radius 3 is 2.94 bits per heavy atom. The number of thiophene rings is 1. The van der Waals surface area contributed by atoms with Gasteiger partial charge in [-0.2, -0.15) is 5.26 Å². The zero-order valence-corrected chi connectivity index (χ0v) is 20.0. The van der Waals surface area contributed by atoms with E-state index in [9.17, 15) is 4.39 Å². The summed E-state index contributed by atoms with van der Waals surface area (Å²) in [7, 11) is 0. The average molecular weight is 504 g/mol. The first-order chi connectivity index (χ1) is 17.1. The van der Waals surface area contributed by atoms with E-state index in [-0.39, 0.29) is 24.4 Å². The SMILES string of the molecule is N#C[C@@H]1CN[C@H](C#Cc2cc3c(Nc4ccc(OCc5cccc(F)c5)c(Cl)c4)ncnc3s2)C1. The van der Waals surface area contributed by atoms with Crippen LogP contribution in [0.2, 0.25) is 5.02 Å². The van der Waals surface area contributed by atoms with Crippen molar-refractivity contribution in [2.24, 2.45) is 5.92 Å². The molecule has 0 amide bonds. The van der Waals surface area contributed by atoms with E-state index in [0.717, 1.165) is 32.8 Å². The summed E-state index contributed by atoms with van der Waals surface area (Å²) in [4.78, 5) is 10.5. The second kappa shape index (κ2) is 10.3. The molecule has 0 unspecified atom stereocenters. The summed E-state index contributed by atoms with van der Waals surface area (Å²) in [6.45, 7) is 0.891. The minimum Gasteiger partial charge on any atom is -0.487 e. The predicted octanol–water partition coefficient (Wildman–Crippen LogP) is 5.66. The molecule has 1 aliphatic rings. The summed E-state index contributed by atoms with van der Waals surface area (Å²) in [5.74, 6) is 7.27. The van der Waals surface area contributed by atoms with E-state index < -0.39 is 0 Å². The highest BCUT2D eigenvalue weighted by Crippen LogP contribution is 2.33. The van der Waals surface area contributed by atoms with Gasteiger partial charge in [0, 0.05) is 12.2 Å². The molecule has 1 fully saturated rings. The van der Waals surface area contributed by atoms with E-state index in [4.69, 9.17) is 21.6 Å². The molecular weight excluding hydrogens is 485 g/mol. The number of rotatable bonds is 5. The second-order valence-electron chi connectivity index (χ2n) is 8.03. The molecule has 2 aromatic carbocycles. The van der Waals surface area contributed by atoms with Crippen LogP contribution in [-0.4, -0.2) is 22.6 Å². The standard InChI is InChI=1S/C26H19ClFN5OS/c27-23-10-20(5-7-24(23)34-14-16-2-1-3-18(28)8-16)33-25-22-11-21(35-26(22)32-15-31-25)6-4-19-9-17(12-29)13-30-19/h1-3,5,7-8,10-11,15,17,19,30H,9,13-14H2,(H,31,32,33)/t17-,19-/m1/s1. The van der Waals surface area contributed by atoms with Gasteiger partial charge in [0.1, 0.15) is 35.1 Å². The van der Waals surface area contributed by atoms with E-state index in [1.807, 2.05) is 12.1 Å². The van der Waals surface area contributed by atoms with Crippen LogP contribution < -0.4 is 15.4 Å². The van der Waals surface area contributed by atoms with Crippen molar-refractivity contribution in [3.8, 4) is 23.7 Å². The number of anilines is 2. The highest BCUT2D eigenvalue weighted by molar-refractivity contribution is 7.19. The monoisotopic (exact) mass is 503 g/mol. The third-order valence-electron chi connectivity index (χ3n) is 5.49. The number of nitrogens with one attached hydrogen (secondary N) is 2. The van der Waals surface area contributed by atoms with E-state index in [1.165, 1.54) is 29.8 Å². The van der Waals surface area contributed by atoms with Crippen molar-refractivity contribution >= 4 is 44.7 Å². The molecule has 0 radical (unpaired) electrons. The van der Waals surface area contributed by atoms with Crippen molar-refractivity contribution < 1.29 is 9.13 Å². The van der Waals surface area contributed by atoms with Crippen LogP contribution in [0.5, 0.6) is 5.75 Å². The van der Waals surface area contributed by atoms with Crippen LogP contribution in [0.15, 0.2) is 54.9 Å². The Hall–Kier alpha value is -3.69. The highest BCUT2D eigenvalue weighted by Gasteiger charge is 2.21. The molecule has 2 N–H and O–H groups in total. The Morgan fingerprint density at radius 1 is 1.23 bits per heavy atom. The van der Waals surface area contributed by atoms with Crippen molar-refractivity contribution in [2.75, 3.05) is 11.9 Å². The van der Waals surface area contributed by atoms with Crippen molar-refractivity contribution in [3.05, 3.63) is 76.1 Å². The number of fused-ring (bicyclic) bond motifs is 1. The zero-order chi connectivity index (χ0) is 24.2. The van der Waals surface area contributed by atoms with Gasteiger partial charge in [0.2, 0.25) is 0 Å². The number of ether oxygens (including phenoxy) is 1. The van der Waals surface area contributed by atoms with Gasteiger partial charge in [0.05, 0.1) is 33.3 Å². The number of nitriles is 1. The lowest BCUT2D eigenvalue weighted by molar-refractivity contribution is 0.306. The van der Waals surface area contributed by atoms with Crippen LogP contribution in [0, 0.1) is 34.9 Å². The van der Waals surface area contributed by atoms with Gasteiger partial charge in [0.25, 0.3) is 0 Å². The van der Waals surface area contributed by atoms with Crippen LogP contribution in [0.1, 0.15) is 16.9 Å². The summed E-state index contributed by atoms with van der Waals surface area (Å²) < 4.78 is 19.1. The summed E-state index contributed by atoms with van der Waals surface area (Å²) in [6.07, 6.45) is 2.25. The fourth-order valence-electron chi connectivity index (χ4n) is 3.74. The Bertz CT molecular complexity index is 1490. The first-order valence-electron chi connectivity index (χ1n) is 10.9. The Balaban J connectivity index is 1.29. The summed E-state index contributed by atoms with van der Waals surface area (Å²) in [6, 6.07) is 15.9. The number of hydrogen-bond donors (Lipinski definition) is 2. The van der Waals surface area contributed by atoms with Crippen LogP contribution in [0.25, 0.3) is 10.2 Å². The quantitative estimate of drug-likeness (QED) is 0.342. The van der Waals surface area contributed by atoms with Gasteiger partial charge in [-0.1, -0.05) is 35.6 Å². The number of aromatic nitrogens is 2. The molecule has 6 nitrogen and oxygen atoms in total. The molecule has 2 aromatic heterocycles. The molecular formula is C26H19ClFN5OS. The molecule has 4 aromatic rings. The van der Waals surface area contributed by atoms with Gasteiger partial charge >= 0.3 is 0 Å². The maximum absolute atomic E-state index is 13.4. The molecule has 0 spiro atoms.